The minimum Gasteiger partial charge on any atom is -0.394 e. The predicted octanol–water partition coefficient (Wildman–Crippen LogP) is -1.07. The number of rotatable bonds is 5. The number of hydrogen-bond donors (Lipinski definition) is 6. The molecule has 0 unspecified atom stereocenters. The number of nitrogens with zero attached hydrogens (tertiary/aromatic N) is 3. The number of nitrogens with one attached hydrogen (secondary N) is 2. The van der Waals surface area contributed by atoms with Gasteiger partial charge in [-0.15, -0.1) is 0 Å². The van der Waals surface area contributed by atoms with Crippen LogP contribution in [-0.4, -0.2) is 59.8 Å². The lowest BCUT2D eigenvalue weighted by atomic mass is 10.1. The van der Waals surface area contributed by atoms with Crippen LogP contribution >= 0.6 is 0 Å². The zero-order valence-electron chi connectivity index (χ0n) is 14.7. The van der Waals surface area contributed by atoms with E-state index in [0.717, 1.165) is 5.56 Å². The van der Waals surface area contributed by atoms with E-state index < -0.39 is 36.7 Å². The lowest BCUT2D eigenvalue weighted by Crippen LogP contribution is -2.33. The average Bonchev–Trinajstić information content (AvgIpc) is 3.18. The second-order valence-electron chi connectivity index (χ2n) is 6.50. The number of aromatic nitrogens is 4. The van der Waals surface area contributed by atoms with Crippen LogP contribution in [-0.2, 0) is 11.3 Å². The van der Waals surface area contributed by atoms with Crippen molar-refractivity contribution in [2.24, 2.45) is 0 Å². The number of aliphatic hydroxyl groups is 3. The molecular weight excluding hydrogens is 368 g/mol. The Hall–Kier alpha value is -2.99. The maximum atomic E-state index is 12.2. The molecule has 1 saturated heterocycles. The number of fused-ring (bicyclic) bond motifs is 1. The molecule has 0 bridgehead atoms. The fourth-order valence-corrected chi connectivity index (χ4v) is 3.24. The second-order valence-corrected chi connectivity index (χ2v) is 6.50. The van der Waals surface area contributed by atoms with Crippen LogP contribution < -0.4 is 16.6 Å². The molecule has 4 rings (SSSR count). The largest absolute Gasteiger partial charge is 0.394 e. The van der Waals surface area contributed by atoms with Gasteiger partial charge in [-0.2, -0.15) is 4.98 Å². The van der Waals surface area contributed by atoms with Crippen LogP contribution in [0.3, 0.4) is 0 Å². The molecule has 28 heavy (non-hydrogen) atoms. The molecule has 3 heterocycles. The highest BCUT2D eigenvalue weighted by Gasteiger charge is 2.45. The molecule has 3 aromatic rings. The summed E-state index contributed by atoms with van der Waals surface area (Å²) in [5.41, 5.74) is 6.17. The van der Waals surface area contributed by atoms with Gasteiger partial charge < -0.3 is 31.1 Å². The van der Waals surface area contributed by atoms with Crippen LogP contribution in [0, 0.1) is 0 Å². The molecule has 4 atom stereocenters. The highest BCUT2D eigenvalue weighted by atomic mass is 16.6. The molecular formula is C17H20N6O5. The lowest BCUT2D eigenvalue weighted by molar-refractivity contribution is -0.0501. The van der Waals surface area contributed by atoms with Crippen molar-refractivity contribution >= 4 is 23.1 Å². The van der Waals surface area contributed by atoms with Crippen molar-refractivity contribution in [1.29, 1.82) is 0 Å². The third kappa shape index (κ3) is 3.10. The van der Waals surface area contributed by atoms with Gasteiger partial charge in [0.05, 0.1) is 6.61 Å². The van der Waals surface area contributed by atoms with Crippen LogP contribution in [0.4, 0.5) is 11.9 Å². The molecule has 1 aromatic carbocycles. The van der Waals surface area contributed by atoms with Crippen LogP contribution in [0.1, 0.15) is 11.8 Å². The van der Waals surface area contributed by atoms with E-state index in [9.17, 15) is 20.1 Å². The van der Waals surface area contributed by atoms with Crippen LogP contribution in [0.25, 0.3) is 11.2 Å². The van der Waals surface area contributed by atoms with Crippen molar-refractivity contribution in [2.45, 2.75) is 31.1 Å². The smallest absolute Gasteiger partial charge is 0.280 e. The number of nitrogens with two attached hydrogens (primary N) is 1. The Morgan fingerprint density at radius 1 is 1.21 bits per heavy atom. The number of H-pyrrole nitrogens is 1. The fraction of sp³-hybridized carbons (Fsp3) is 0.353. The van der Waals surface area contributed by atoms with Gasteiger partial charge in [0.1, 0.15) is 18.3 Å². The zero-order valence-corrected chi connectivity index (χ0v) is 14.7. The van der Waals surface area contributed by atoms with Crippen molar-refractivity contribution in [3.05, 3.63) is 46.2 Å². The molecule has 11 heteroatoms. The first kappa shape index (κ1) is 18.4. The molecule has 0 radical (unpaired) electrons. The molecule has 148 valence electrons. The van der Waals surface area contributed by atoms with Crippen molar-refractivity contribution < 1.29 is 20.1 Å². The standard InChI is InChI=1S/C17H20N6O5/c18-16-21-13-10(14(27)22-16)20-17(19-6-8-4-2-1-3-5-8)23(13)15-12(26)11(25)9(7-24)28-15/h1-5,9,11-12,15,24-26H,6-7H2,(H,19,20)(H3,18,21,22,27)/t9-,11+,12-,15+/m0/s1. The Morgan fingerprint density at radius 2 is 1.96 bits per heavy atom. The molecule has 0 amide bonds. The summed E-state index contributed by atoms with van der Waals surface area (Å²) in [7, 11) is 0. The molecule has 0 saturated carbocycles. The quantitative estimate of drug-likeness (QED) is 0.318. The van der Waals surface area contributed by atoms with Crippen LogP contribution in [0.15, 0.2) is 35.1 Å². The highest BCUT2D eigenvalue weighted by molar-refractivity contribution is 5.74. The summed E-state index contributed by atoms with van der Waals surface area (Å²) in [6.45, 7) is -0.101. The van der Waals surface area contributed by atoms with Crippen molar-refractivity contribution in [1.82, 2.24) is 19.5 Å². The van der Waals surface area contributed by atoms with Gasteiger partial charge in [0.25, 0.3) is 5.56 Å². The molecule has 0 spiro atoms. The molecule has 11 nitrogen and oxygen atoms in total. The lowest BCUT2D eigenvalue weighted by Gasteiger charge is -2.19. The molecule has 1 aliphatic heterocycles. The van der Waals surface area contributed by atoms with Gasteiger partial charge in [-0.3, -0.25) is 14.3 Å². The van der Waals surface area contributed by atoms with Crippen LogP contribution in [0.2, 0.25) is 0 Å². The van der Waals surface area contributed by atoms with E-state index in [1.165, 1.54) is 4.57 Å². The third-order valence-electron chi connectivity index (χ3n) is 4.63. The summed E-state index contributed by atoms with van der Waals surface area (Å²) >= 11 is 0. The maximum Gasteiger partial charge on any atom is 0.280 e. The first-order chi connectivity index (χ1) is 13.5. The second kappa shape index (κ2) is 7.20. The number of benzene rings is 1. The van der Waals surface area contributed by atoms with Gasteiger partial charge in [0.2, 0.25) is 11.9 Å². The predicted molar refractivity (Wildman–Crippen MR) is 99.3 cm³/mol. The molecule has 1 fully saturated rings. The van der Waals surface area contributed by atoms with Crippen LogP contribution in [0.5, 0.6) is 0 Å². The summed E-state index contributed by atoms with van der Waals surface area (Å²) in [6.07, 6.45) is -4.79. The Balaban J connectivity index is 1.79. The van der Waals surface area contributed by atoms with Crippen molar-refractivity contribution in [3.63, 3.8) is 0 Å². The number of aromatic amines is 1. The monoisotopic (exact) mass is 388 g/mol. The number of nitrogen functional groups attached to an aromatic ring is 1. The minimum atomic E-state index is -1.37. The normalized spacial score (nSPS) is 24.7. The Morgan fingerprint density at radius 3 is 2.64 bits per heavy atom. The summed E-state index contributed by atoms with van der Waals surface area (Å²) in [5, 5.41) is 33.0. The van der Waals surface area contributed by atoms with E-state index >= 15 is 0 Å². The van der Waals surface area contributed by atoms with Gasteiger partial charge in [0.15, 0.2) is 17.4 Å². The Kier molecular flexibility index (Phi) is 4.73. The first-order valence-electron chi connectivity index (χ1n) is 8.67. The van der Waals surface area contributed by atoms with E-state index in [0.29, 0.717) is 6.54 Å². The molecule has 2 aromatic heterocycles. The number of hydrogen-bond acceptors (Lipinski definition) is 9. The molecule has 0 aliphatic carbocycles. The van der Waals surface area contributed by atoms with E-state index in [1.807, 2.05) is 30.3 Å². The van der Waals surface area contributed by atoms with Crippen molar-refractivity contribution in [3.8, 4) is 0 Å². The van der Waals surface area contributed by atoms with E-state index in [2.05, 4.69) is 20.3 Å². The number of ether oxygens (including phenoxy) is 1. The number of imidazole rings is 1. The third-order valence-corrected chi connectivity index (χ3v) is 4.63. The SMILES string of the molecule is Nc1nc2c(nc(NCc3ccccc3)n2[C@@H]2O[C@@H](CO)[C@@H](O)[C@@H]2O)c(=O)[nH]1. The summed E-state index contributed by atoms with van der Waals surface area (Å²) in [4.78, 5) is 23.0. The highest BCUT2D eigenvalue weighted by Crippen LogP contribution is 2.34. The van der Waals surface area contributed by atoms with Gasteiger partial charge in [-0.1, -0.05) is 30.3 Å². The first-order valence-corrected chi connectivity index (χ1v) is 8.67. The fourth-order valence-electron chi connectivity index (χ4n) is 3.24. The van der Waals surface area contributed by atoms with Crippen molar-refractivity contribution in [2.75, 3.05) is 17.7 Å². The van der Waals surface area contributed by atoms with Gasteiger partial charge in [0, 0.05) is 6.54 Å². The topological polar surface area (TPSA) is 172 Å². The molecule has 1 aliphatic rings. The number of anilines is 2. The summed E-state index contributed by atoms with van der Waals surface area (Å²) in [6, 6.07) is 9.49. The summed E-state index contributed by atoms with van der Waals surface area (Å²) in [5.74, 6) is 0.0808. The molecule has 7 N–H and O–H groups in total. The summed E-state index contributed by atoms with van der Waals surface area (Å²) < 4.78 is 6.97. The van der Waals surface area contributed by atoms with Gasteiger partial charge in [-0.05, 0) is 5.56 Å². The number of aliphatic hydroxyl groups excluding tert-OH is 3. The van der Waals surface area contributed by atoms with E-state index in [-0.39, 0.29) is 23.1 Å². The van der Waals surface area contributed by atoms with E-state index in [1.54, 1.807) is 0 Å². The van der Waals surface area contributed by atoms with Gasteiger partial charge in [-0.25, -0.2) is 4.98 Å². The maximum absolute atomic E-state index is 12.2. The van der Waals surface area contributed by atoms with E-state index in [4.69, 9.17) is 10.5 Å². The minimum absolute atomic E-state index is 0.00231. The Labute approximate surface area is 158 Å². The van der Waals surface area contributed by atoms with Gasteiger partial charge >= 0.3 is 0 Å². The average molecular weight is 388 g/mol. The Bertz CT molecular complexity index is 1040. The zero-order chi connectivity index (χ0) is 19.8.